The Kier molecular flexibility index (Phi) is 7.27. The summed E-state index contributed by atoms with van der Waals surface area (Å²) in [6.45, 7) is 14.2. The van der Waals surface area contributed by atoms with Gasteiger partial charge in [-0.2, -0.15) is 0 Å². The molecule has 1 amide bonds. The van der Waals surface area contributed by atoms with Gasteiger partial charge < -0.3 is 14.8 Å². The molecule has 1 aromatic carbocycles. The third kappa shape index (κ3) is 5.23. The fraction of sp³-hybridized carbons (Fsp3) is 0.650. The van der Waals surface area contributed by atoms with Gasteiger partial charge in [0.1, 0.15) is 11.4 Å². The number of amides is 1. The van der Waals surface area contributed by atoms with Gasteiger partial charge in [-0.25, -0.2) is 0 Å². The van der Waals surface area contributed by atoms with Crippen LogP contribution in [0.15, 0.2) is 12.1 Å². The molecule has 4 heteroatoms. The van der Waals surface area contributed by atoms with Crippen molar-refractivity contribution >= 4 is 11.6 Å². The van der Waals surface area contributed by atoms with Crippen LogP contribution in [-0.4, -0.2) is 24.7 Å². The molecule has 1 N–H and O–H groups in total. The van der Waals surface area contributed by atoms with E-state index in [2.05, 4.69) is 33.0 Å². The summed E-state index contributed by atoms with van der Waals surface area (Å²) in [6.07, 6.45) is 1.80. The maximum atomic E-state index is 12.7. The van der Waals surface area contributed by atoms with Gasteiger partial charge in [0.15, 0.2) is 0 Å². The van der Waals surface area contributed by atoms with Crippen molar-refractivity contribution in [2.75, 3.05) is 12.4 Å². The molecule has 136 valence electrons. The predicted octanol–water partition coefficient (Wildman–Crippen LogP) is 4.87. The standard InChI is InChI=1S/C20H33NO3/c1-9-16(6)24-18-14(4)10-17(11-15(18)5)21-19(22)20(7,23-8)12-13(2)3/h10-11,13,16H,9,12H2,1-8H3,(H,21,22). The summed E-state index contributed by atoms with van der Waals surface area (Å²) in [5, 5.41) is 3.00. The molecule has 24 heavy (non-hydrogen) atoms. The number of carbonyl (C=O) groups is 1. The average molecular weight is 335 g/mol. The van der Waals surface area contributed by atoms with Crippen LogP contribution in [0.2, 0.25) is 0 Å². The zero-order valence-electron chi connectivity index (χ0n) is 16.4. The molecular formula is C20H33NO3. The second kappa shape index (κ2) is 8.52. The predicted molar refractivity (Wildman–Crippen MR) is 99.8 cm³/mol. The smallest absolute Gasteiger partial charge is 0.256 e. The van der Waals surface area contributed by atoms with Crippen LogP contribution in [0, 0.1) is 19.8 Å². The Balaban J connectivity index is 2.98. The molecule has 0 aliphatic carbocycles. The first-order valence-corrected chi connectivity index (χ1v) is 8.77. The summed E-state index contributed by atoms with van der Waals surface area (Å²) in [4.78, 5) is 12.7. The minimum atomic E-state index is -0.831. The van der Waals surface area contributed by atoms with Crippen molar-refractivity contribution in [3.63, 3.8) is 0 Å². The second-order valence-electron chi connectivity index (χ2n) is 7.26. The fourth-order valence-electron chi connectivity index (χ4n) is 2.80. The minimum absolute atomic E-state index is 0.118. The zero-order chi connectivity index (χ0) is 18.5. The molecule has 0 spiro atoms. The molecule has 0 heterocycles. The topological polar surface area (TPSA) is 47.6 Å². The molecule has 2 unspecified atom stereocenters. The first-order chi connectivity index (χ1) is 11.1. The zero-order valence-corrected chi connectivity index (χ0v) is 16.4. The number of benzene rings is 1. The molecule has 4 nitrogen and oxygen atoms in total. The summed E-state index contributed by atoms with van der Waals surface area (Å²) in [6, 6.07) is 3.90. The third-order valence-corrected chi connectivity index (χ3v) is 4.34. The van der Waals surface area contributed by atoms with Crippen molar-refractivity contribution in [1.82, 2.24) is 0 Å². The Bertz CT molecular complexity index is 545. The Hall–Kier alpha value is -1.55. The number of aryl methyl sites for hydroxylation is 2. The SMILES string of the molecule is CCC(C)Oc1c(C)cc(NC(=O)C(C)(CC(C)C)OC)cc1C. The van der Waals surface area contributed by atoms with Crippen LogP contribution in [0.25, 0.3) is 0 Å². The Morgan fingerprint density at radius 1 is 1.21 bits per heavy atom. The molecule has 2 atom stereocenters. The lowest BCUT2D eigenvalue weighted by Gasteiger charge is -2.29. The Labute approximate surface area is 146 Å². The number of methoxy groups -OCH3 is 1. The van der Waals surface area contributed by atoms with Gasteiger partial charge in [0.05, 0.1) is 6.10 Å². The van der Waals surface area contributed by atoms with Crippen molar-refractivity contribution in [2.45, 2.75) is 73.0 Å². The first-order valence-electron chi connectivity index (χ1n) is 8.77. The maximum Gasteiger partial charge on any atom is 0.256 e. The maximum absolute atomic E-state index is 12.7. The van der Waals surface area contributed by atoms with Crippen molar-refractivity contribution in [2.24, 2.45) is 5.92 Å². The minimum Gasteiger partial charge on any atom is -0.490 e. The van der Waals surface area contributed by atoms with E-state index in [-0.39, 0.29) is 12.0 Å². The number of rotatable bonds is 8. The highest BCUT2D eigenvalue weighted by atomic mass is 16.5. The van der Waals surface area contributed by atoms with E-state index in [9.17, 15) is 4.79 Å². The van der Waals surface area contributed by atoms with Gasteiger partial charge in [0, 0.05) is 12.8 Å². The van der Waals surface area contributed by atoms with Gasteiger partial charge >= 0.3 is 0 Å². The lowest BCUT2D eigenvalue weighted by molar-refractivity contribution is -0.137. The van der Waals surface area contributed by atoms with E-state index in [1.165, 1.54) is 0 Å². The first kappa shape index (κ1) is 20.5. The van der Waals surface area contributed by atoms with E-state index < -0.39 is 5.60 Å². The van der Waals surface area contributed by atoms with Crippen molar-refractivity contribution < 1.29 is 14.3 Å². The summed E-state index contributed by atoms with van der Waals surface area (Å²) in [5.41, 5.74) is 1.99. The number of nitrogens with one attached hydrogen (secondary N) is 1. The van der Waals surface area contributed by atoms with Crippen molar-refractivity contribution in [3.8, 4) is 5.75 Å². The van der Waals surface area contributed by atoms with E-state index in [1.807, 2.05) is 32.9 Å². The fourth-order valence-corrected chi connectivity index (χ4v) is 2.80. The number of ether oxygens (including phenoxy) is 2. The summed E-state index contributed by atoms with van der Waals surface area (Å²) in [7, 11) is 1.58. The van der Waals surface area contributed by atoms with Crippen LogP contribution in [0.1, 0.15) is 58.6 Å². The largest absolute Gasteiger partial charge is 0.490 e. The molecular weight excluding hydrogens is 302 g/mol. The third-order valence-electron chi connectivity index (χ3n) is 4.34. The van der Waals surface area contributed by atoms with E-state index >= 15 is 0 Å². The molecule has 1 rings (SSSR count). The average Bonchev–Trinajstić information content (AvgIpc) is 2.49. The lowest BCUT2D eigenvalue weighted by Crippen LogP contribution is -2.43. The molecule has 0 fully saturated rings. The van der Waals surface area contributed by atoms with E-state index in [4.69, 9.17) is 9.47 Å². The van der Waals surface area contributed by atoms with Crippen LogP contribution in [0.5, 0.6) is 5.75 Å². The highest BCUT2D eigenvalue weighted by Gasteiger charge is 2.34. The van der Waals surface area contributed by atoms with Gasteiger partial charge in [-0.15, -0.1) is 0 Å². The number of hydrogen-bond donors (Lipinski definition) is 1. The molecule has 0 bridgehead atoms. The molecule has 0 saturated carbocycles. The van der Waals surface area contributed by atoms with Crippen LogP contribution in [0.3, 0.4) is 0 Å². The number of hydrogen-bond acceptors (Lipinski definition) is 3. The summed E-state index contributed by atoms with van der Waals surface area (Å²) >= 11 is 0. The van der Waals surface area contributed by atoms with Gasteiger partial charge in [0.25, 0.3) is 5.91 Å². The molecule has 0 aromatic heterocycles. The van der Waals surface area contributed by atoms with Gasteiger partial charge in [-0.1, -0.05) is 20.8 Å². The monoisotopic (exact) mass is 335 g/mol. The summed E-state index contributed by atoms with van der Waals surface area (Å²) in [5.74, 6) is 1.16. The van der Waals surface area contributed by atoms with Crippen molar-refractivity contribution in [3.05, 3.63) is 23.3 Å². The quantitative estimate of drug-likeness (QED) is 0.737. The highest BCUT2D eigenvalue weighted by Crippen LogP contribution is 2.30. The van der Waals surface area contributed by atoms with Crippen molar-refractivity contribution in [1.29, 1.82) is 0 Å². The van der Waals surface area contributed by atoms with Crippen LogP contribution in [-0.2, 0) is 9.53 Å². The Morgan fingerprint density at radius 3 is 2.17 bits per heavy atom. The Morgan fingerprint density at radius 2 is 1.75 bits per heavy atom. The number of carbonyl (C=O) groups excluding carboxylic acids is 1. The molecule has 0 aliphatic heterocycles. The van der Waals surface area contributed by atoms with Crippen LogP contribution < -0.4 is 10.1 Å². The second-order valence-corrected chi connectivity index (χ2v) is 7.26. The van der Waals surface area contributed by atoms with E-state index in [1.54, 1.807) is 7.11 Å². The number of anilines is 1. The summed E-state index contributed by atoms with van der Waals surface area (Å²) < 4.78 is 11.5. The van der Waals surface area contributed by atoms with Gasteiger partial charge in [0.2, 0.25) is 0 Å². The lowest BCUT2D eigenvalue weighted by atomic mass is 9.93. The van der Waals surface area contributed by atoms with Gasteiger partial charge in [-0.3, -0.25) is 4.79 Å². The van der Waals surface area contributed by atoms with Crippen LogP contribution >= 0.6 is 0 Å². The molecule has 0 aliphatic rings. The van der Waals surface area contributed by atoms with E-state index in [0.29, 0.717) is 12.3 Å². The molecule has 1 aromatic rings. The van der Waals surface area contributed by atoms with Gasteiger partial charge in [-0.05, 0) is 69.7 Å². The van der Waals surface area contributed by atoms with E-state index in [0.717, 1.165) is 29.0 Å². The molecule has 0 saturated heterocycles. The normalized spacial score (nSPS) is 15.0. The highest BCUT2D eigenvalue weighted by molar-refractivity contribution is 5.97. The molecule has 0 radical (unpaired) electrons. The van der Waals surface area contributed by atoms with Crippen LogP contribution in [0.4, 0.5) is 5.69 Å².